The number of Topliss-reactive ketones (excluding diaryl/α,β-unsaturated/α-hetero) is 1. The highest BCUT2D eigenvalue weighted by atomic mass is 16.5. The van der Waals surface area contributed by atoms with Crippen molar-refractivity contribution in [3.8, 4) is 0 Å². The molecule has 0 saturated heterocycles. The monoisotopic (exact) mass is 342 g/mol. The lowest BCUT2D eigenvalue weighted by atomic mass is 9.52. The molecule has 0 N–H and O–H groups in total. The van der Waals surface area contributed by atoms with Gasteiger partial charge in [-0.2, -0.15) is 0 Å². The van der Waals surface area contributed by atoms with Crippen LogP contribution in [0.15, 0.2) is 23.8 Å². The second-order valence-corrected chi connectivity index (χ2v) is 8.97. The SMILES string of the molecule is CC(=O)OC1CC=CC2=CC[C@@H]3[C@H](CC[C@]4(C)[C@@H](C(C)=O)CC[C@@H]34)[C@@H]21. The van der Waals surface area contributed by atoms with Crippen LogP contribution >= 0.6 is 0 Å². The van der Waals surface area contributed by atoms with Crippen molar-refractivity contribution in [2.24, 2.45) is 35.0 Å². The summed E-state index contributed by atoms with van der Waals surface area (Å²) in [5.41, 5.74) is 1.56. The largest absolute Gasteiger partial charge is 0.462 e. The summed E-state index contributed by atoms with van der Waals surface area (Å²) < 4.78 is 5.72. The molecule has 4 rings (SSSR count). The van der Waals surface area contributed by atoms with Gasteiger partial charge in [-0.05, 0) is 67.8 Å². The first kappa shape index (κ1) is 17.1. The molecule has 0 bridgehead atoms. The van der Waals surface area contributed by atoms with Crippen LogP contribution in [0.2, 0.25) is 0 Å². The average molecular weight is 342 g/mol. The third-order valence-corrected chi connectivity index (χ3v) is 7.85. The molecule has 3 heteroatoms. The molecule has 0 aromatic rings. The number of ketones is 1. The van der Waals surface area contributed by atoms with Crippen molar-refractivity contribution < 1.29 is 14.3 Å². The Morgan fingerprint density at radius 2 is 1.92 bits per heavy atom. The predicted molar refractivity (Wildman–Crippen MR) is 96.7 cm³/mol. The maximum absolute atomic E-state index is 12.2. The first-order valence-corrected chi connectivity index (χ1v) is 9.96. The Kier molecular flexibility index (Phi) is 4.16. The van der Waals surface area contributed by atoms with E-state index in [1.54, 1.807) is 6.92 Å². The van der Waals surface area contributed by atoms with Gasteiger partial charge in [-0.25, -0.2) is 0 Å². The Labute approximate surface area is 150 Å². The Balaban J connectivity index is 1.64. The molecule has 4 aliphatic carbocycles. The van der Waals surface area contributed by atoms with Crippen molar-refractivity contribution in [2.75, 3.05) is 0 Å². The highest BCUT2D eigenvalue weighted by Crippen LogP contribution is 2.63. The summed E-state index contributed by atoms with van der Waals surface area (Å²) in [6, 6.07) is 0. The number of esters is 1. The van der Waals surface area contributed by atoms with Gasteiger partial charge in [0.2, 0.25) is 0 Å². The van der Waals surface area contributed by atoms with E-state index in [1.165, 1.54) is 18.9 Å². The molecule has 4 aliphatic rings. The molecule has 0 aromatic heterocycles. The molecule has 0 heterocycles. The van der Waals surface area contributed by atoms with E-state index in [4.69, 9.17) is 4.74 Å². The van der Waals surface area contributed by atoms with Gasteiger partial charge in [0.05, 0.1) is 0 Å². The van der Waals surface area contributed by atoms with Crippen molar-refractivity contribution in [3.63, 3.8) is 0 Å². The zero-order valence-corrected chi connectivity index (χ0v) is 15.7. The summed E-state index contributed by atoms with van der Waals surface area (Å²) >= 11 is 0. The Morgan fingerprint density at radius 1 is 1.12 bits per heavy atom. The normalized spacial score (nSPS) is 45.0. The van der Waals surface area contributed by atoms with Crippen molar-refractivity contribution >= 4 is 11.8 Å². The summed E-state index contributed by atoms with van der Waals surface area (Å²) in [7, 11) is 0. The summed E-state index contributed by atoms with van der Waals surface area (Å²) in [5.74, 6) is 2.70. The summed E-state index contributed by atoms with van der Waals surface area (Å²) in [4.78, 5) is 23.8. The molecule has 0 aromatic carbocycles. The van der Waals surface area contributed by atoms with Gasteiger partial charge in [-0.3, -0.25) is 9.59 Å². The van der Waals surface area contributed by atoms with Crippen LogP contribution in [0, 0.1) is 35.0 Å². The van der Waals surface area contributed by atoms with Gasteiger partial charge in [-0.15, -0.1) is 0 Å². The van der Waals surface area contributed by atoms with Gasteiger partial charge in [0.1, 0.15) is 11.9 Å². The van der Waals surface area contributed by atoms with Crippen LogP contribution < -0.4 is 0 Å². The van der Waals surface area contributed by atoms with Crippen LogP contribution in [0.5, 0.6) is 0 Å². The smallest absolute Gasteiger partial charge is 0.302 e. The third kappa shape index (κ3) is 2.62. The van der Waals surface area contributed by atoms with E-state index in [0.717, 1.165) is 32.1 Å². The second-order valence-electron chi connectivity index (χ2n) is 8.97. The maximum atomic E-state index is 12.2. The minimum atomic E-state index is -0.167. The van der Waals surface area contributed by atoms with Crippen LogP contribution in [0.4, 0.5) is 0 Å². The first-order valence-electron chi connectivity index (χ1n) is 9.96. The maximum Gasteiger partial charge on any atom is 0.302 e. The lowest BCUT2D eigenvalue weighted by Gasteiger charge is -2.53. The molecule has 0 amide bonds. The van der Waals surface area contributed by atoms with Crippen molar-refractivity contribution in [1.29, 1.82) is 0 Å². The Morgan fingerprint density at radius 3 is 2.64 bits per heavy atom. The van der Waals surface area contributed by atoms with Crippen LogP contribution in [0.3, 0.4) is 0 Å². The molecule has 136 valence electrons. The van der Waals surface area contributed by atoms with Gasteiger partial charge >= 0.3 is 5.97 Å². The van der Waals surface area contributed by atoms with E-state index in [2.05, 4.69) is 25.2 Å². The fourth-order valence-corrected chi connectivity index (χ4v) is 6.91. The molecule has 7 atom stereocenters. The molecule has 1 unspecified atom stereocenters. The van der Waals surface area contributed by atoms with Crippen LogP contribution in [0.25, 0.3) is 0 Å². The molecule has 0 aliphatic heterocycles. The summed E-state index contributed by atoms with van der Waals surface area (Å²) in [6.07, 6.45) is 13.3. The number of rotatable bonds is 2. The highest BCUT2D eigenvalue weighted by molar-refractivity contribution is 5.79. The molecule has 2 fully saturated rings. The van der Waals surface area contributed by atoms with Gasteiger partial charge in [-0.1, -0.05) is 25.2 Å². The fourth-order valence-electron chi connectivity index (χ4n) is 6.91. The van der Waals surface area contributed by atoms with E-state index in [9.17, 15) is 9.59 Å². The minimum Gasteiger partial charge on any atom is -0.462 e. The summed E-state index contributed by atoms with van der Waals surface area (Å²) in [5, 5.41) is 0. The zero-order valence-electron chi connectivity index (χ0n) is 15.7. The van der Waals surface area contributed by atoms with E-state index in [-0.39, 0.29) is 23.4 Å². The summed E-state index contributed by atoms with van der Waals surface area (Å²) in [6.45, 7) is 5.68. The number of carbonyl (C=O) groups excluding carboxylic acids is 2. The van der Waals surface area contributed by atoms with Crippen molar-refractivity contribution in [1.82, 2.24) is 0 Å². The van der Waals surface area contributed by atoms with Crippen molar-refractivity contribution in [2.45, 2.75) is 65.4 Å². The zero-order chi connectivity index (χ0) is 17.8. The molecule has 3 nitrogen and oxygen atoms in total. The predicted octanol–water partition coefficient (Wildman–Crippen LogP) is 4.47. The van der Waals surface area contributed by atoms with Crippen LogP contribution in [-0.4, -0.2) is 17.9 Å². The fraction of sp³-hybridized carbons (Fsp3) is 0.727. The lowest BCUT2D eigenvalue weighted by Crippen LogP contribution is -2.49. The number of hydrogen-bond donors (Lipinski definition) is 0. The Hall–Kier alpha value is -1.38. The average Bonchev–Trinajstić information content (AvgIpc) is 2.91. The topological polar surface area (TPSA) is 43.4 Å². The van der Waals surface area contributed by atoms with E-state index >= 15 is 0 Å². The highest BCUT2D eigenvalue weighted by Gasteiger charge is 2.57. The first-order chi connectivity index (χ1) is 11.9. The van der Waals surface area contributed by atoms with E-state index in [1.807, 2.05) is 0 Å². The number of allylic oxidation sites excluding steroid dienone is 2. The van der Waals surface area contributed by atoms with Gasteiger partial charge in [0.25, 0.3) is 0 Å². The van der Waals surface area contributed by atoms with Gasteiger partial charge in [0.15, 0.2) is 0 Å². The number of carbonyl (C=O) groups is 2. The molecular weight excluding hydrogens is 312 g/mol. The van der Waals surface area contributed by atoms with E-state index in [0.29, 0.717) is 29.5 Å². The molecular formula is C22H30O3. The molecule has 0 radical (unpaired) electrons. The standard InChI is InChI=1S/C22H30O3/c1-13(23)18-9-10-19-16-8-7-15-5-4-6-20(25-14(2)24)21(15)17(16)11-12-22(18,19)3/h4-5,7,16-21H,6,8-12H2,1-3H3/t16-,17+,18-,19+,20?,21-,22-/m1/s1. The Bertz CT molecular complexity index is 646. The molecule has 2 saturated carbocycles. The quantitative estimate of drug-likeness (QED) is 0.695. The van der Waals surface area contributed by atoms with Crippen molar-refractivity contribution in [3.05, 3.63) is 23.8 Å². The van der Waals surface area contributed by atoms with Crippen LogP contribution in [0.1, 0.15) is 59.3 Å². The second kappa shape index (κ2) is 6.10. The third-order valence-electron chi connectivity index (χ3n) is 7.85. The number of ether oxygens (including phenoxy) is 1. The van der Waals surface area contributed by atoms with E-state index < -0.39 is 0 Å². The molecule has 0 spiro atoms. The lowest BCUT2D eigenvalue weighted by molar-refractivity contribution is -0.151. The number of fused-ring (bicyclic) bond motifs is 5. The molecule has 25 heavy (non-hydrogen) atoms. The van der Waals surface area contributed by atoms with Gasteiger partial charge < -0.3 is 4.74 Å². The minimum absolute atomic E-state index is 0.00378. The van der Waals surface area contributed by atoms with Crippen LogP contribution in [-0.2, 0) is 14.3 Å². The number of hydrogen-bond acceptors (Lipinski definition) is 3. The van der Waals surface area contributed by atoms with Gasteiger partial charge in [0, 0.05) is 25.2 Å².